The van der Waals surface area contributed by atoms with Crippen LogP contribution in [0.5, 0.6) is 0 Å². The van der Waals surface area contributed by atoms with E-state index in [1.165, 1.54) is 11.3 Å². The number of rotatable bonds is 6. The summed E-state index contributed by atoms with van der Waals surface area (Å²) in [4.78, 5) is 13.8. The lowest BCUT2D eigenvalue weighted by Crippen LogP contribution is -2.17. The Morgan fingerprint density at radius 1 is 1.38 bits per heavy atom. The molecular weight excluding hydrogens is 308 g/mol. The van der Waals surface area contributed by atoms with Crippen LogP contribution in [0.1, 0.15) is 12.8 Å². The summed E-state index contributed by atoms with van der Waals surface area (Å²) in [5.74, 6) is -0.0364. The molecule has 112 valence electrons. The minimum absolute atomic E-state index is 0.0364. The van der Waals surface area contributed by atoms with Gasteiger partial charge in [-0.3, -0.25) is 4.79 Å². The molecule has 0 aliphatic rings. The molecule has 0 spiro atoms. The molecule has 1 N–H and O–H groups in total. The minimum Gasteiger partial charge on any atom is -0.309 e. The van der Waals surface area contributed by atoms with E-state index in [2.05, 4.69) is 20.4 Å². The van der Waals surface area contributed by atoms with Gasteiger partial charge in [0.05, 0.1) is 0 Å². The largest absolute Gasteiger partial charge is 0.309 e. The molecule has 2 rings (SSSR count). The van der Waals surface area contributed by atoms with E-state index in [1.54, 1.807) is 6.07 Å². The van der Waals surface area contributed by atoms with Crippen LogP contribution in [0.2, 0.25) is 5.02 Å². The first kappa shape index (κ1) is 15.9. The number of nitrogens with one attached hydrogen (secondary N) is 1. The van der Waals surface area contributed by atoms with Crippen LogP contribution < -0.4 is 5.32 Å². The summed E-state index contributed by atoms with van der Waals surface area (Å²) < 4.78 is 0. The second-order valence-corrected chi connectivity index (χ2v) is 6.29. The smallest absolute Gasteiger partial charge is 0.226 e. The molecule has 0 aliphatic carbocycles. The van der Waals surface area contributed by atoms with Crippen LogP contribution in [-0.4, -0.2) is 41.6 Å². The van der Waals surface area contributed by atoms with Gasteiger partial charge in [-0.1, -0.05) is 35.1 Å². The second-order valence-electron chi connectivity index (χ2n) is 4.88. The maximum absolute atomic E-state index is 11.8. The summed E-state index contributed by atoms with van der Waals surface area (Å²) in [7, 11) is 3.97. The van der Waals surface area contributed by atoms with Crippen molar-refractivity contribution >= 4 is 34.0 Å². The third-order valence-electron chi connectivity index (χ3n) is 2.75. The Bertz CT molecular complexity index is 615. The van der Waals surface area contributed by atoms with Crippen LogP contribution in [0.15, 0.2) is 24.3 Å². The Kier molecular flexibility index (Phi) is 5.67. The highest BCUT2D eigenvalue weighted by Gasteiger charge is 2.10. The molecule has 21 heavy (non-hydrogen) atoms. The fourth-order valence-corrected chi connectivity index (χ4v) is 2.70. The molecule has 7 heteroatoms. The number of hydrogen-bond donors (Lipinski definition) is 1. The topological polar surface area (TPSA) is 58.1 Å². The van der Waals surface area contributed by atoms with E-state index in [0.29, 0.717) is 16.6 Å². The third-order valence-corrected chi connectivity index (χ3v) is 3.87. The van der Waals surface area contributed by atoms with Gasteiger partial charge in [-0.25, -0.2) is 0 Å². The van der Waals surface area contributed by atoms with Crippen LogP contribution in [0, 0.1) is 0 Å². The zero-order chi connectivity index (χ0) is 15.2. The highest BCUT2D eigenvalue weighted by molar-refractivity contribution is 7.18. The standard InChI is InChI=1S/C14H17ClN4OS/c1-19(2)8-4-7-12(20)16-14-18-17-13(21-14)10-5-3-6-11(15)9-10/h3,5-6,9H,4,7-8H2,1-2H3,(H,16,18,20). The van der Waals surface area contributed by atoms with Crippen molar-refractivity contribution in [1.82, 2.24) is 15.1 Å². The van der Waals surface area contributed by atoms with Crippen LogP contribution >= 0.6 is 22.9 Å². The Balaban J connectivity index is 1.93. The van der Waals surface area contributed by atoms with Crippen molar-refractivity contribution < 1.29 is 4.79 Å². The number of anilines is 1. The monoisotopic (exact) mass is 324 g/mol. The number of carbonyl (C=O) groups excluding carboxylic acids is 1. The first-order valence-corrected chi connectivity index (χ1v) is 7.78. The summed E-state index contributed by atoms with van der Waals surface area (Å²) in [5.41, 5.74) is 0.896. The van der Waals surface area contributed by atoms with Crippen molar-refractivity contribution in [1.29, 1.82) is 0 Å². The molecule has 0 bridgehead atoms. The van der Waals surface area contributed by atoms with E-state index < -0.39 is 0 Å². The quantitative estimate of drug-likeness (QED) is 0.887. The molecule has 0 fully saturated rings. The molecule has 0 saturated heterocycles. The molecule has 5 nitrogen and oxygen atoms in total. The van der Waals surface area contributed by atoms with Gasteiger partial charge in [-0.05, 0) is 39.2 Å². The predicted octanol–water partition coefficient (Wildman–Crippen LogP) is 3.14. The average molecular weight is 325 g/mol. The molecular formula is C14H17ClN4OS. The highest BCUT2D eigenvalue weighted by atomic mass is 35.5. The third kappa shape index (κ3) is 5.08. The first-order chi connectivity index (χ1) is 10.0. The number of carbonyl (C=O) groups is 1. The van der Waals surface area contributed by atoms with Crippen molar-refractivity contribution in [2.75, 3.05) is 26.0 Å². The van der Waals surface area contributed by atoms with Crippen LogP contribution in [-0.2, 0) is 4.79 Å². The van der Waals surface area contributed by atoms with Gasteiger partial charge < -0.3 is 10.2 Å². The zero-order valence-corrected chi connectivity index (χ0v) is 13.5. The van der Waals surface area contributed by atoms with Gasteiger partial charge in [-0.15, -0.1) is 10.2 Å². The summed E-state index contributed by atoms with van der Waals surface area (Å²) in [6.07, 6.45) is 1.29. The normalized spacial score (nSPS) is 10.9. The molecule has 0 radical (unpaired) electrons. The van der Waals surface area contributed by atoms with E-state index in [9.17, 15) is 4.79 Å². The molecule has 0 atom stereocenters. The fraction of sp³-hybridized carbons (Fsp3) is 0.357. The molecule has 1 aromatic heterocycles. The predicted molar refractivity (Wildman–Crippen MR) is 86.8 cm³/mol. The Morgan fingerprint density at radius 2 is 2.19 bits per heavy atom. The average Bonchev–Trinajstić information content (AvgIpc) is 2.86. The number of halogens is 1. The second kappa shape index (κ2) is 7.49. The van der Waals surface area contributed by atoms with Gasteiger partial charge in [0.15, 0.2) is 0 Å². The lowest BCUT2D eigenvalue weighted by Gasteiger charge is -2.07. The van der Waals surface area contributed by atoms with Crippen LogP contribution in [0.25, 0.3) is 10.6 Å². The van der Waals surface area contributed by atoms with Gasteiger partial charge in [0.1, 0.15) is 5.01 Å². The molecule has 0 saturated carbocycles. The fourth-order valence-electron chi connectivity index (χ4n) is 1.75. The number of nitrogens with zero attached hydrogens (tertiary/aromatic N) is 3. The Morgan fingerprint density at radius 3 is 2.90 bits per heavy atom. The number of hydrogen-bond acceptors (Lipinski definition) is 5. The maximum Gasteiger partial charge on any atom is 0.226 e. The SMILES string of the molecule is CN(C)CCCC(=O)Nc1nnc(-c2cccc(Cl)c2)s1. The van der Waals surface area contributed by atoms with Crippen molar-refractivity contribution in [2.24, 2.45) is 0 Å². The van der Waals surface area contributed by atoms with Crippen molar-refractivity contribution in [3.8, 4) is 10.6 Å². The number of aromatic nitrogens is 2. The van der Waals surface area contributed by atoms with Crippen molar-refractivity contribution in [3.63, 3.8) is 0 Å². The summed E-state index contributed by atoms with van der Waals surface area (Å²) in [6.45, 7) is 0.886. The Hall–Kier alpha value is -1.50. The molecule has 0 aliphatic heterocycles. The van der Waals surface area contributed by atoms with E-state index in [1.807, 2.05) is 32.3 Å². The molecule has 0 unspecified atom stereocenters. The van der Waals surface area contributed by atoms with Crippen molar-refractivity contribution in [2.45, 2.75) is 12.8 Å². The minimum atomic E-state index is -0.0364. The maximum atomic E-state index is 11.8. The van der Waals surface area contributed by atoms with E-state index in [0.717, 1.165) is 23.5 Å². The molecule has 2 aromatic rings. The van der Waals surface area contributed by atoms with E-state index in [-0.39, 0.29) is 5.91 Å². The molecule has 1 aromatic carbocycles. The van der Waals surface area contributed by atoms with Crippen LogP contribution in [0.3, 0.4) is 0 Å². The zero-order valence-electron chi connectivity index (χ0n) is 12.0. The lowest BCUT2D eigenvalue weighted by molar-refractivity contribution is -0.116. The summed E-state index contributed by atoms with van der Waals surface area (Å²) in [6, 6.07) is 7.40. The summed E-state index contributed by atoms with van der Waals surface area (Å²) in [5, 5.41) is 12.7. The van der Waals surface area contributed by atoms with Gasteiger partial charge in [0.25, 0.3) is 0 Å². The first-order valence-electron chi connectivity index (χ1n) is 6.58. The van der Waals surface area contributed by atoms with Crippen LogP contribution in [0.4, 0.5) is 5.13 Å². The molecule has 1 amide bonds. The Labute approximate surface area is 133 Å². The lowest BCUT2D eigenvalue weighted by atomic mass is 10.2. The summed E-state index contributed by atoms with van der Waals surface area (Å²) >= 11 is 7.29. The van der Waals surface area contributed by atoms with E-state index in [4.69, 9.17) is 11.6 Å². The van der Waals surface area contributed by atoms with Crippen molar-refractivity contribution in [3.05, 3.63) is 29.3 Å². The van der Waals surface area contributed by atoms with Gasteiger partial charge in [0.2, 0.25) is 11.0 Å². The number of benzene rings is 1. The van der Waals surface area contributed by atoms with E-state index >= 15 is 0 Å². The van der Waals surface area contributed by atoms with Gasteiger partial charge in [0, 0.05) is 17.0 Å². The highest BCUT2D eigenvalue weighted by Crippen LogP contribution is 2.28. The molecule has 1 heterocycles. The number of amides is 1. The van der Waals surface area contributed by atoms with Gasteiger partial charge in [-0.2, -0.15) is 0 Å². The van der Waals surface area contributed by atoms with Gasteiger partial charge >= 0.3 is 0 Å².